The quantitative estimate of drug-likeness (QED) is 0.377. The van der Waals surface area contributed by atoms with Crippen LogP contribution in [0.2, 0.25) is 0 Å². The van der Waals surface area contributed by atoms with Crippen LogP contribution in [0, 0.1) is 12.3 Å². The van der Waals surface area contributed by atoms with E-state index in [2.05, 4.69) is 36.6 Å². The van der Waals surface area contributed by atoms with Crippen LogP contribution in [0.15, 0.2) is 24.3 Å². The van der Waals surface area contributed by atoms with Gasteiger partial charge in [-0.05, 0) is 12.5 Å². The maximum absolute atomic E-state index is 7.05. The van der Waals surface area contributed by atoms with Crippen LogP contribution in [0.25, 0.3) is 0 Å². The van der Waals surface area contributed by atoms with Gasteiger partial charge >= 0.3 is 0 Å². The molecule has 4 heteroatoms. The van der Waals surface area contributed by atoms with Gasteiger partial charge in [0.25, 0.3) is 0 Å². The van der Waals surface area contributed by atoms with Gasteiger partial charge in [0, 0.05) is 13.6 Å². The van der Waals surface area contributed by atoms with Crippen molar-refractivity contribution in [1.29, 1.82) is 5.41 Å². The third-order valence-electron chi connectivity index (χ3n) is 1.85. The van der Waals surface area contributed by atoms with Crippen molar-refractivity contribution in [2.24, 2.45) is 5.73 Å². The molecule has 0 bridgehead atoms. The molecule has 0 saturated heterocycles. The van der Waals surface area contributed by atoms with E-state index in [-0.39, 0.29) is 5.96 Å². The highest BCUT2D eigenvalue weighted by molar-refractivity contribution is 5.73. The SMILES string of the molecule is Cc1ccc(CN(C)NC(=N)N)cc1. The van der Waals surface area contributed by atoms with Crippen molar-refractivity contribution in [1.82, 2.24) is 10.4 Å². The lowest BCUT2D eigenvalue weighted by atomic mass is 10.1. The molecule has 0 amide bonds. The second-order valence-corrected chi connectivity index (χ2v) is 3.37. The Morgan fingerprint density at radius 2 is 2.00 bits per heavy atom. The molecule has 1 aromatic carbocycles. The van der Waals surface area contributed by atoms with E-state index in [1.807, 2.05) is 7.05 Å². The molecule has 1 rings (SSSR count). The van der Waals surface area contributed by atoms with Crippen LogP contribution in [0.1, 0.15) is 11.1 Å². The predicted octanol–water partition coefficient (Wildman–Crippen LogP) is 0.825. The van der Waals surface area contributed by atoms with E-state index in [0.717, 1.165) is 6.54 Å². The predicted molar refractivity (Wildman–Crippen MR) is 57.7 cm³/mol. The van der Waals surface area contributed by atoms with Gasteiger partial charge in [0.1, 0.15) is 0 Å². The van der Waals surface area contributed by atoms with E-state index in [9.17, 15) is 0 Å². The Bertz CT molecular complexity index is 304. The van der Waals surface area contributed by atoms with Gasteiger partial charge in [-0.3, -0.25) is 10.8 Å². The lowest BCUT2D eigenvalue weighted by molar-refractivity contribution is 0.282. The number of hydrogen-bond donors (Lipinski definition) is 3. The number of benzene rings is 1. The Morgan fingerprint density at radius 3 is 2.50 bits per heavy atom. The number of nitrogens with zero attached hydrogens (tertiary/aromatic N) is 1. The van der Waals surface area contributed by atoms with Gasteiger partial charge in [0.15, 0.2) is 0 Å². The lowest BCUT2D eigenvalue weighted by Gasteiger charge is -2.17. The molecule has 4 nitrogen and oxygen atoms in total. The zero-order valence-electron chi connectivity index (χ0n) is 8.54. The Balaban J connectivity index is 2.51. The van der Waals surface area contributed by atoms with Gasteiger partial charge in [-0.15, -0.1) is 0 Å². The maximum Gasteiger partial charge on any atom is 0.200 e. The van der Waals surface area contributed by atoms with Crippen molar-refractivity contribution in [3.05, 3.63) is 35.4 Å². The van der Waals surface area contributed by atoms with Gasteiger partial charge in [-0.1, -0.05) is 29.8 Å². The van der Waals surface area contributed by atoms with Gasteiger partial charge in [0.05, 0.1) is 0 Å². The maximum atomic E-state index is 7.05. The largest absolute Gasteiger partial charge is 0.369 e. The third-order valence-corrected chi connectivity index (χ3v) is 1.85. The van der Waals surface area contributed by atoms with Crippen LogP contribution >= 0.6 is 0 Å². The molecule has 0 spiro atoms. The van der Waals surface area contributed by atoms with E-state index < -0.39 is 0 Å². The molecule has 0 aliphatic heterocycles. The van der Waals surface area contributed by atoms with Crippen LogP contribution < -0.4 is 11.2 Å². The van der Waals surface area contributed by atoms with Crippen molar-refractivity contribution in [3.8, 4) is 0 Å². The average molecular weight is 192 g/mol. The standard InChI is InChI=1S/C10H16N4/c1-8-3-5-9(6-4-8)7-14(2)13-10(11)12/h3-6H,7H2,1-2H3,(H4,11,12,13). The Hall–Kier alpha value is -1.55. The highest BCUT2D eigenvalue weighted by Crippen LogP contribution is 2.04. The topological polar surface area (TPSA) is 65.1 Å². The van der Waals surface area contributed by atoms with Crippen LogP contribution in [0.5, 0.6) is 0 Å². The molecule has 14 heavy (non-hydrogen) atoms. The van der Waals surface area contributed by atoms with Crippen LogP contribution in [-0.4, -0.2) is 18.0 Å². The number of guanidine groups is 1. The van der Waals surface area contributed by atoms with E-state index >= 15 is 0 Å². The summed E-state index contributed by atoms with van der Waals surface area (Å²) in [4.78, 5) is 0. The smallest absolute Gasteiger partial charge is 0.200 e. The Labute approximate surface area is 84.2 Å². The molecule has 0 fully saturated rings. The van der Waals surface area contributed by atoms with Crippen molar-refractivity contribution < 1.29 is 0 Å². The molecule has 0 aliphatic carbocycles. The Morgan fingerprint density at radius 1 is 1.43 bits per heavy atom. The fourth-order valence-corrected chi connectivity index (χ4v) is 1.21. The fourth-order valence-electron chi connectivity index (χ4n) is 1.21. The summed E-state index contributed by atoms with van der Waals surface area (Å²) in [6.07, 6.45) is 0. The first-order valence-electron chi connectivity index (χ1n) is 4.45. The molecule has 1 aromatic rings. The summed E-state index contributed by atoms with van der Waals surface area (Å²) in [5, 5.41) is 8.82. The average Bonchev–Trinajstić information content (AvgIpc) is 2.07. The van der Waals surface area contributed by atoms with Gasteiger partial charge in [-0.25, -0.2) is 5.01 Å². The minimum absolute atomic E-state index is 0.0420. The zero-order valence-corrected chi connectivity index (χ0v) is 8.54. The Kier molecular flexibility index (Phi) is 3.48. The molecule has 0 atom stereocenters. The number of rotatable bonds is 3. The number of hydrogen-bond acceptors (Lipinski definition) is 2. The van der Waals surface area contributed by atoms with Crippen LogP contribution in [-0.2, 0) is 6.54 Å². The summed E-state index contributed by atoms with van der Waals surface area (Å²) in [5.41, 5.74) is 10.3. The number of aryl methyl sites for hydroxylation is 1. The molecule has 0 radical (unpaired) electrons. The summed E-state index contributed by atoms with van der Waals surface area (Å²) in [6, 6.07) is 8.26. The summed E-state index contributed by atoms with van der Waals surface area (Å²) in [5.74, 6) is -0.0420. The molecule has 0 saturated carbocycles. The number of hydrazine groups is 1. The minimum Gasteiger partial charge on any atom is -0.369 e. The van der Waals surface area contributed by atoms with E-state index in [1.54, 1.807) is 5.01 Å². The molecule has 0 aromatic heterocycles. The number of nitrogens with two attached hydrogens (primary N) is 1. The van der Waals surface area contributed by atoms with Crippen molar-refractivity contribution in [2.45, 2.75) is 13.5 Å². The van der Waals surface area contributed by atoms with E-state index in [4.69, 9.17) is 11.1 Å². The highest BCUT2D eigenvalue weighted by atomic mass is 15.5. The first kappa shape index (κ1) is 10.5. The molecular formula is C10H16N4. The molecule has 4 N–H and O–H groups in total. The molecule has 76 valence electrons. The zero-order chi connectivity index (χ0) is 10.6. The molecular weight excluding hydrogens is 176 g/mol. The first-order chi connectivity index (χ1) is 6.58. The molecule has 0 heterocycles. The van der Waals surface area contributed by atoms with E-state index in [1.165, 1.54) is 11.1 Å². The second kappa shape index (κ2) is 4.62. The van der Waals surface area contributed by atoms with Gasteiger partial charge < -0.3 is 5.73 Å². The summed E-state index contributed by atoms with van der Waals surface area (Å²) < 4.78 is 0. The lowest BCUT2D eigenvalue weighted by Crippen LogP contribution is -2.42. The fraction of sp³-hybridized carbons (Fsp3) is 0.300. The van der Waals surface area contributed by atoms with Crippen molar-refractivity contribution in [2.75, 3.05) is 7.05 Å². The summed E-state index contributed by atoms with van der Waals surface area (Å²) in [7, 11) is 1.85. The first-order valence-corrected chi connectivity index (χ1v) is 4.45. The van der Waals surface area contributed by atoms with Crippen molar-refractivity contribution >= 4 is 5.96 Å². The molecule has 0 aliphatic rings. The number of nitrogens with one attached hydrogen (secondary N) is 2. The monoisotopic (exact) mass is 192 g/mol. The van der Waals surface area contributed by atoms with E-state index in [0.29, 0.717) is 0 Å². The molecule has 0 unspecified atom stereocenters. The van der Waals surface area contributed by atoms with Gasteiger partial charge in [0.2, 0.25) is 5.96 Å². The normalized spacial score (nSPS) is 10.2. The summed E-state index contributed by atoms with van der Waals surface area (Å²) >= 11 is 0. The van der Waals surface area contributed by atoms with Crippen LogP contribution in [0.4, 0.5) is 0 Å². The highest BCUT2D eigenvalue weighted by Gasteiger charge is 1.99. The van der Waals surface area contributed by atoms with Crippen molar-refractivity contribution in [3.63, 3.8) is 0 Å². The van der Waals surface area contributed by atoms with Gasteiger partial charge in [-0.2, -0.15) is 0 Å². The summed E-state index contributed by atoms with van der Waals surface area (Å²) in [6.45, 7) is 2.78. The van der Waals surface area contributed by atoms with Crippen LogP contribution in [0.3, 0.4) is 0 Å². The second-order valence-electron chi connectivity index (χ2n) is 3.37. The third kappa shape index (κ3) is 3.45. The minimum atomic E-state index is -0.0420.